The first-order chi connectivity index (χ1) is 9.74. The molecule has 0 aromatic heterocycles. The van der Waals surface area contributed by atoms with Crippen molar-refractivity contribution in [2.24, 2.45) is 0 Å². The van der Waals surface area contributed by atoms with Crippen molar-refractivity contribution in [3.05, 3.63) is 59.4 Å². The van der Waals surface area contributed by atoms with E-state index in [-0.39, 0.29) is 12.4 Å². The summed E-state index contributed by atoms with van der Waals surface area (Å²) < 4.78 is 19.0. The highest BCUT2D eigenvalue weighted by Crippen LogP contribution is 2.36. The molecule has 1 atom stereocenters. The number of halogens is 1. The molecule has 0 saturated carbocycles. The van der Waals surface area contributed by atoms with Gasteiger partial charge >= 0.3 is 0 Å². The summed E-state index contributed by atoms with van der Waals surface area (Å²) in [6, 6.07) is 12.7. The third-order valence-corrected chi connectivity index (χ3v) is 4.55. The van der Waals surface area contributed by atoms with E-state index in [2.05, 4.69) is 12.1 Å². The standard InChI is InChI=1S/C16H15FO2S/c17-13-5-11(9-18)6-14(8-13)19-10-15-7-12-3-1-2-4-16(12)20-15/h1-6,8,15,18H,7,9-10H2. The number of hydrogen-bond donors (Lipinski definition) is 1. The lowest BCUT2D eigenvalue weighted by Gasteiger charge is -2.12. The Morgan fingerprint density at radius 3 is 2.90 bits per heavy atom. The average Bonchev–Trinajstić information content (AvgIpc) is 2.87. The first-order valence-electron chi connectivity index (χ1n) is 6.52. The zero-order valence-electron chi connectivity index (χ0n) is 10.9. The average molecular weight is 290 g/mol. The van der Waals surface area contributed by atoms with Gasteiger partial charge < -0.3 is 9.84 Å². The van der Waals surface area contributed by atoms with Crippen molar-refractivity contribution in [2.75, 3.05) is 6.61 Å². The Morgan fingerprint density at radius 1 is 1.25 bits per heavy atom. The zero-order chi connectivity index (χ0) is 13.9. The number of ether oxygens (including phenoxy) is 1. The predicted octanol–water partition coefficient (Wildman–Crippen LogP) is 3.41. The van der Waals surface area contributed by atoms with Crippen molar-refractivity contribution in [1.82, 2.24) is 0 Å². The van der Waals surface area contributed by atoms with Gasteiger partial charge in [0.05, 0.1) is 6.61 Å². The normalized spacial score (nSPS) is 17.0. The van der Waals surface area contributed by atoms with Crippen LogP contribution in [0.25, 0.3) is 0 Å². The van der Waals surface area contributed by atoms with Crippen LogP contribution in [0.5, 0.6) is 5.75 Å². The minimum absolute atomic E-state index is 0.183. The molecular formula is C16H15FO2S. The molecule has 0 saturated heterocycles. The fraction of sp³-hybridized carbons (Fsp3) is 0.250. The summed E-state index contributed by atoms with van der Waals surface area (Å²) in [6.45, 7) is 0.353. The van der Waals surface area contributed by atoms with Crippen LogP contribution in [0.3, 0.4) is 0 Å². The van der Waals surface area contributed by atoms with Crippen molar-refractivity contribution in [3.63, 3.8) is 0 Å². The number of aliphatic hydroxyl groups is 1. The first kappa shape index (κ1) is 13.5. The van der Waals surface area contributed by atoms with Crippen LogP contribution in [0.1, 0.15) is 11.1 Å². The number of benzene rings is 2. The molecule has 1 unspecified atom stereocenters. The first-order valence-corrected chi connectivity index (χ1v) is 7.40. The molecule has 104 valence electrons. The van der Waals surface area contributed by atoms with E-state index in [9.17, 15) is 4.39 Å². The van der Waals surface area contributed by atoms with Gasteiger partial charge in [0.25, 0.3) is 0 Å². The minimum atomic E-state index is -0.381. The Morgan fingerprint density at radius 2 is 2.10 bits per heavy atom. The Balaban J connectivity index is 1.63. The molecule has 1 heterocycles. The molecule has 0 spiro atoms. The zero-order valence-corrected chi connectivity index (χ0v) is 11.7. The van der Waals surface area contributed by atoms with E-state index >= 15 is 0 Å². The van der Waals surface area contributed by atoms with Crippen LogP contribution in [-0.4, -0.2) is 17.0 Å². The summed E-state index contributed by atoms with van der Waals surface area (Å²) in [4.78, 5) is 1.30. The van der Waals surface area contributed by atoms with Crippen LogP contribution in [0.15, 0.2) is 47.4 Å². The molecule has 0 aliphatic carbocycles. The molecule has 2 aromatic rings. The highest BCUT2D eigenvalue weighted by atomic mass is 32.2. The molecule has 0 bridgehead atoms. The minimum Gasteiger partial charge on any atom is -0.492 e. The number of rotatable bonds is 4. The molecule has 20 heavy (non-hydrogen) atoms. The van der Waals surface area contributed by atoms with Gasteiger partial charge in [-0.2, -0.15) is 0 Å². The predicted molar refractivity (Wildman–Crippen MR) is 77.6 cm³/mol. The Hall–Kier alpha value is -1.52. The van der Waals surface area contributed by atoms with E-state index in [1.54, 1.807) is 17.8 Å². The molecule has 1 N–H and O–H groups in total. The van der Waals surface area contributed by atoms with Crippen molar-refractivity contribution < 1.29 is 14.2 Å². The highest BCUT2D eigenvalue weighted by Gasteiger charge is 2.22. The maximum absolute atomic E-state index is 13.3. The van der Waals surface area contributed by atoms with E-state index in [1.807, 2.05) is 12.1 Å². The van der Waals surface area contributed by atoms with Gasteiger partial charge in [0.15, 0.2) is 0 Å². The van der Waals surface area contributed by atoms with Gasteiger partial charge in [0.1, 0.15) is 18.2 Å². The van der Waals surface area contributed by atoms with Crippen LogP contribution >= 0.6 is 11.8 Å². The topological polar surface area (TPSA) is 29.5 Å². The van der Waals surface area contributed by atoms with Crippen LogP contribution < -0.4 is 4.74 Å². The Kier molecular flexibility index (Phi) is 3.94. The molecular weight excluding hydrogens is 275 g/mol. The highest BCUT2D eigenvalue weighted by molar-refractivity contribution is 8.00. The maximum Gasteiger partial charge on any atom is 0.127 e. The van der Waals surface area contributed by atoms with Crippen LogP contribution in [0.4, 0.5) is 4.39 Å². The van der Waals surface area contributed by atoms with Crippen molar-refractivity contribution >= 4 is 11.8 Å². The molecule has 4 heteroatoms. The van der Waals surface area contributed by atoms with Crippen LogP contribution in [0, 0.1) is 5.82 Å². The molecule has 0 amide bonds. The number of hydrogen-bond acceptors (Lipinski definition) is 3. The molecule has 1 aliphatic heterocycles. The lowest BCUT2D eigenvalue weighted by atomic mass is 10.1. The Labute approximate surface area is 121 Å². The fourth-order valence-electron chi connectivity index (χ4n) is 2.33. The van der Waals surface area contributed by atoms with Crippen molar-refractivity contribution in [2.45, 2.75) is 23.2 Å². The smallest absolute Gasteiger partial charge is 0.127 e. The van der Waals surface area contributed by atoms with E-state index in [0.717, 1.165) is 6.42 Å². The van der Waals surface area contributed by atoms with Crippen LogP contribution in [-0.2, 0) is 13.0 Å². The third-order valence-electron chi connectivity index (χ3n) is 3.26. The summed E-state index contributed by atoms with van der Waals surface area (Å²) in [5.74, 6) is 0.0968. The summed E-state index contributed by atoms with van der Waals surface area (Å²) in [7, 11) is 0. The second-order valence-electron chi connectivity index (χ2n) is 4.82. The number of fused-ring (bicyclic) bond motifs is 1. The lowest BCUT2D eigenvalue weighted by molar-refractivity contribution is 0.278. The lowest BCUT2D eigenvalue weighted by Crippen LogP contribution is -2.13. The van der Waals surface area contributed by atoms with E-state index in [1.165, 1.54) is 22.6 Å². The Bertz CT molecular complexity index is 590. The molecule has 2 nitrogen and oxygen atoms in total. The fourth-order valence-corrected chi connectivity index (χ4v) is 3.55. The summed E-state index contributed by atoms with van der Waals surface area (Å²) in [5, 5.41) is 9.41. The quantitative estimate of drug-likeness (QED) is 0.935. The molecule has 3 rings (SSSR count). The maximum atomic E-state index is 13.3. The van der Waals surface area contributed by atoms with Gasteiger partial charge in [-0.25, -0.2) is 4.39 Å². The van der Waals surface area contributed by atoms with Gasteiger partial charge in [0.2, 0.25) is 0 Å². The summed E-state index contributed by atoms with van der Waals surface area (Å²) in [6.07, 6.45) is 0.975. The molecule has 0 fully saturated rings. The van der Waals surface area contributed by atoms with E-state index < -0.39 is 0 Å². The van der Waals surface area contributed by atoms with Gasteiger partial charge in [-0.3, -0.25) is 0 Å². The molecule has 2 aromatic carbocycles. The van der Waals surface area contributed by atoms with Gasteiger partial charge in [-0.05, 0) is 35.7 Å². The third kappa shape index (κ3) is 2.97. The van der Waals surface area contributed by atoms with Crippen molar-refractivity contribution in [3.8, 4) is 5.75 Å². The van der Waals surface area contributed by atoms with Crippen molar-refractivity contribution in [1.29, 1.82) is 0 Å². The largest absolute Gasteiger partial charge is 0.492 e. The van der Waals surface area contributed by atoms with Gasteiger partial charge in [0, 0.05) is 16.2 Å². The molecule has 1 aliphatic rings. The number of aliphatic hydroxyl groups excluding tert-OH is 1. The monoisotopic (exact) mass is 290 g/mol. The molecule has 0 radical (unpaired) electrons. The summed E-state index contributed by atoms with van der Waals surface area (Å²) in [5.41, 5.74) is 1.88. The summed E-state index contributed by atoms with van der Waals surface area (Å²) >= 11 is 1.80. The van der Waals surface area contributed by atoms with Gasteiger partial charge in [-0.15, -0.1) is 11.8 Å². The van der Waals surface area contributed by atoms with Gasteiger partial charge in [-0.1, -0.05) is 18.2 Å². The second kappa shape index (κ2) is 5.85. The SMILES string of the molecule is OCc1cc(F)cc(OCC2Cc3ccccc3S2)c1. The van der Waals surface area contributed by atoms with E-state index in [0.29, 0.717) is 23.2 Å². The number of thioether (sulfide) groups is 1. The van der Waals surface area contributed by atoms with E-state index in [4.69, 9.17) is 9.84 Å². The second-order valence-corrected chi connectivity index (χ2v) is 6.16. The van der Waals surface area contributed by atoms with Crippen LogP contribution in [0.2, 0.25) is 0 Å².